The largest absolute Gasteiger partial charge is 0.371 e. The number of hydrogen-bond acceptors (Lipinski definition) is 4. The predicted molar refractivity (Wildman–Crippen MR) is 140 cm³/mol. The number of carbonyl (C=O) groups excluding carboxylic acids is 2. The summed E-state index contributed by atoms with van der Waals surface area (Å²) in [5, 5.41) is 6.22. The molecule has 34 heavy (non-hydrogen) atoms. The molecule has 8 heteroatoms. The fourth-order valence-corrected chi connectivity index (χ4v) is 4.69. The Morgan fingerprint density at radius 3 is 2.50 bits per heavy atom. The zero-order valence-corrected chi connectivity index (χ0v) is 21.0. The normalized spacial score (nSPS) is 14.0. The zero-order chi connectivity index (χ0) is 23.9. The first-order valence-electron chi connectivity index (χ1n) is 11.3. The number of anilines is 2. The number of hydrogen-bond donors (Lipinski definition) is 2. The molecule has 1 saturated heterocycles. The number of piperidine rings is 1. The van der Waals surface area contributed by atoms with Crippen molar-refractivity contribution in [2.24, 2.45) is 5.92 Å². The molecule has 0 spiro atoms. The molecular formula is C26H26BrClN4O2. The van der Waals surface area contributed by atoms with Gasteiger partial charge in [-0.05, 0) is 83.6 Å². The van der Waals surface area contributed by atoms with Gasteiger partial charge in [-0.2, -0.15) is 0 Å². The van der Waals surface area contributed by atoms with Gasteiger partial charge >= 0.3 is 0 Å². The van der Waals surface area contributed by atoms with E-state index >= 15 is 0 Å². The van der Waals surface area contributed by atoms with E-state index in [1.54, 1.807) is 42.5 Å². The first-order chi connectivity index (χ1) is 16.5. The number of nitrogens with zero attached hydrogens (tertiary/aromatic N) is 2. The van der Waals surface area contributed by atoms with Crippen LogP contribution in [-0.2, 0) is 0 Å². The Morgan fingerprint density at radius 2 is 1.76 bits per heavy atom. The molecule has 6 nitrogen and oxygen atoms in total. The highest BCUT2D eigenvalue weighted by Gasteiger charge is 2.20. The van der Waals surface area contributed by atoms with Gasteiger partial charge in [0.2, 0.25) is 0 Å². The van der Waals surface area contributed by atoms with Crippen LogP contribution in [0.5, 0.6) is 0 Å². The summed E-state index contributed by atoms with van der Waals surface area (Å²) in [4.78, 5) is 31.8. The molecule has 3 aromatic rings. The van der Waals surface area contributed by atoms with Crippen molar-refractivity contribution in [1.29, 1.82) is 0 Å². The van der Waals surface area contributed by atoms with Crippen molar-refractivity contribution in [3.05, 3.63) is 87.6 Å². The van der Waals surface area contributed by atoms with Crippen molar-refractivity contribution >= 4 is 50.7 Å². The monoisotopic (exact) mass is 540 g/mol. The third-order valence-electron chi connectivity index (χ3n) is 6.08. The van der Waals surface area contributed by atoms with Crippen molar-refractivity contribution in [1.82, 2.24) is 10.3 Å². The molecule has 176 valence electrons. The maximum atomic E-state index is 12.7. The minimum absolute atomic E-state index is 0.157. The molecule has 0 bridgehead atoms. The van der Waals surface area contributed by atoms with E-state index in [2.05, 4.69) is 36.4 Å². The second kappa shape index (κ2) is 11.5. The fraction of sp³-hybridized carbons (Fsp3) is 0.269. The van der Waals surface area contributed by atoms with E-state index in [0.29, 0.717) is 38.8 Å². The van der Waals surface area contributed by atoms with Crippen LogP contribution in [0.2, 0.25) is 5.02 Å². The van der Waals surface area contributed by atoms with E-state index in [1.807, 2.05) is 24.5 Å². The molecule has 1 aromatic heterocycles. The maximum Gasteiger partial charge on any atom is 0.257 e. The Morgan fingerprint density at radius 1 is 1.03 bits per heavy atom. The van der Waals surface area contributed by atoms with Crippen molar-refractivity contribution in [3.8, 4) is 0 Å². The smallest absolute Gasteiger partial charge is 0.257 e. The summed E-state index contributed by atoms with van der Waals surface area (Å²) < 4.78 is 0.686. The van der Waals surface area contributed by atoms with E-state index < -0.39 is 0 Å². The average Bonchev–Trinajstić information content (AvgIpc) is 2.86. The minimum Gasteiger partial charge on any atom is -0.371 e. The highest BCUT2D eigenvalue weighted by atomic mass is 79.9. The van der Waals surface area contributed by atoms with Gasteiger partial charge in [0.1, 0.15) is 0 Å². The SMILES string of the molecule is O=C(NCCC1CCN(c2ccncc2)CC1)c1ccc(Br)c(NC(=O)c2ccccc2Cl)c1. The lowest BCUT2D eigenvalue weighted by molar-refractivity contribution is 0.0949. The van der Waals surface area contributed by atoms with E-state index in [4.69, 9.17) is 11.6 Å². The van der Waals surface area contributed by atoms with Crippen LogP contribution in [0.15, 0.2) is 71.5 Å². The first-order valence-corrected chi connectivity index (χ1v) is 12.5. The van der Waals surface area contributed by atoms with Crippen LogP contribution in [0, 0.1) is 5.92 Å². The molecular weight excluding hydrogens is 516 g/mol. The summed E-state index contributed by atoms with van der Waals surface area (Å²) in [6, 6.07) is 16.1. The highest BCUT2D eigenvalue weighted by Crippen LogP contribution is 2.26. The summed E-state index contributed by atoms with van der Waals surface area (Å²) >= 11 is 9.56. The van der Waals surface area contributed by atoms with Crippen molar-refractivity contribution in [2.75, 3.05) is 29.9 Å². The molecule has 1 fully saturated rings. The molecule has 1 aliphatic rings. The topological polar surface area (TPSA) is 74.3 Å². The molecule has 2 aromatic carbocycles. The second-order valence-electron chi connectivity index (χ2n) is 8.31. The van der Waals surface area contributed by atoms with Gasteiger partial charge in [-0.3, -0.25) is 14.6 Å². The van der Waals surface area contributed by atoms with Crippen LogP contribution in [0.25, 0.3) is 0 Å². The number of halogens is 2. The van der Waals surface area contributed by atoms with Gasteiger partial charge in [-0.1, -0.05) is 23.7 Å². The first kappa shape index (κ1) is 24.2. The quantitative estimate of drug-likeness (QED) is 0.397. The predicted octanol–water partition coefficient (Wildman–Crippen LogP) is 5.79. The molecule has 0 atom stereocenters. The minimum atomic E-state index is -0.332. The van der Waals surface area contributed by atoms with Gasteiger partial charge in [0.25, 0.3) is 11.8 Å². The van der Waals surface area contributed by atoms with Gasteiger partial charge in [-0.15, -0.1) is 0 Å². The number of aromatic nitrogens is 1. The molecule has 0 unspecified atom stereocenters. The van der Waals surface area contributed by atoms with Crippen molar-refractivity contribution in [3.63, 3.8) is 0 Å². The molecule has 0 aliphatic carbocycles. The van der Waals surface area contributed by atoms with Gasteiger partial charge < -0.3 is 15.5 Å². The van der Waals surface area contributed by atoms with Crippen molar-refractivity contribution in [2.45, 2.75) is 19.3 Å². The Kier molecular flexibility index (Phi) is 8.19. The summed E-state index contributed by atoms with van der Waals surface area (Å²) in [7, 11) is 0. The van der Waals surface area contributed by atoms with Crippen LogP contribution in [0.4, 0.5) is 11.4 Å². The average molecular weight is 542 g/mol. The Bertz CT molecular complexity index is 1150. The fourth-order valence-electron chi connectivity index (χ4n) is 4.12. The lowest BCUT2D eigenvalue weighted by Crippen LogP contribution is -2.35. The summed E-state index contributed by atoms with van der Waals surface area (Å²) in [5.74, 6) is 0.103. The zero-order valence-electron chi connectivity index (χ0n) is 18.6. The molecule has 2 heterocycles. The number of benzene rings is 2. The molecule has 0 saturated carbocycles. The van der Waals surface area contributed by atoms with Crippen LogP contribution in [0.1, 0.15) is 40.0 Å². The Balaban J connectivity index is 1.27. The standard InChI is InChI=1S/C26H26BrClN4O2/c27-22-6-5-19(17-24(22)31-26(34)21-3-1-2-4-23(21)28)25(33)30-14-7-18-10-15-32(16-11-18)20-8-12-29-13-9-20/h1-6,8-9,12-13,17-18H,7,10-11,14-16H2,(H,30,33)(H,31,34). The molecule has 1 aliphatic heterocycles. The van der Waals surface area contributed by atoms with Gasteiger partial charge in [0, 0.05) is 47.8 Å². The van der Waals surface area contributed by atoms with Crippen LogP contribution < -0.4 is 15.5 Å². The van der Waals surface area contributed by atoms with Crippen LogP contribution >= 0.6 is 27.5 Å². The molecule has 2 N–H and O–H groups in total. The van der Waals surface area contributed by atoms with Gasteiger partial charge in [0.15, 0.2) is 0 Å². The van der Waals surface area contributed by atoms with E-state index in [-0.39, 0.29) is 11.8 Å². The number of rotatable bonds is 7. The summed E-state index contributed by atoms with van der Waals surface area (Å²) in [6.07, 6.45) is 6.81. The summed E-state index contributed by atoms with van der Waals surface area (Å²) in [6.45, 7) is 2.66. The van der Waals surface area contributed by atoms with Gasteiger partial charge in [0.05, 0.1) is 16.3 Å². The summed E-state index contributed by atoms with van der Waals surface area (Å²) in [5.41, 5.74) is 2.60. The number of pyridine rings is 1. The number of amides is 2. The van der Waals surface area contributed by atoms with Gasteiger partial charge in [-0.25, -0.2) is 0 Å². The second-order valence-corrected chi connectivity index (χ2v) is 9.57. The van der Waals surface area contributed by atoms with Crippen molar-refractivity contribution < 1.29 is 9.59 Å². The third kappa shape index (κ3) is 6.15. The maximum absolute atomic E-state index is 12.7. The van der Waals surface area contributed by atoms with E-state index in [9.17, 15) is 9.59 Å². The van der Waals surface area contributed by atoms with E-state index in [0.717, 1.165) is 32.4 Å². The third-order valence-corrected chi connectivity index (χ3v) is 7.10. The lowest BCUT2D eigenvalue weighted by atomic mass is 9.93. The lowest BCUT2D eigenvalue weighted by Gasteiger charge is -2.33. The number of carbonyl (C=O) groups is 2. The highest BCUT2D eigenvalue weighted by molar-refractivity contribution is 9.10. The molecule has 4 rings (SSSR count). The van der Waals surface area contributed by atoms with Crippen LogP contribution in [-0.4, -0.2) is 36.4 Å². The molecule has 2 amide bonds. The molecule has 0 radical (unpaired) electrons. The van der Waals surface area contributed by atoms with E-state index in [1.165, 1.54) is 5.69 Å². The van der Waals surface area contributed by atoms with Crippen LogP contribution in [0.3, 0.4) is 0 Å². The number of nitrogens with one attached hydrogen (secondary N) is 2. The Hall–Kier alpha value is -2.90. The Labute approximate surface area is 212 Å².